The zero-order valence-corrected chi connectivity index (χ0v) is 15.4. The van der Waals surface area contributed by atoms with E-state index in [1.54, 1.807) is 6.92 Å². The highest BCUT2D eigenvalue weighted by molar-refractivity contribution is 5.92. The minimum Gasteiger partial charge on any atom is -0.491 e. The number of anilines is 1. The molecule has 7 heteroatoms. The Morgan fingerprint density at radius 3 is 2.44 bits per heavy atom. The van der Waals surface area contributed by atoms with Gasteiger partial charge in [-0.15, -0.1) is 0 Å². The number of aliphatic imine (C=N–C) groups is 1. The highest BCUT2D eigenvalue weighted by Crippen LogP contribution is 2.16. The second kappa shape index (κ2) is 9.27. The van der Waals surface area contributed by atoms with Crippen LogP contribution < -0.4 is 15.8 Å². The summed E-state index contributed by atoms with van der Waals surface area (Å²) < 4.78 is 5.61. The predicted octanol–water partition coefficient (Wildman–Crippen LogP) is 1.36. The van der Waals surface area contributed by atoms with Gasteiger partial charge in [-0.3, -0.25) is 14.7 Å². The molecule has 138 valence electrons. The first-order valence-corrected chi connectivity index (χ1v) is 8.75. The van der Waals surface area contributed by atoms with Crippen LogP contribution in [0.1, 0.15) is 20.8 Å². The third kappa shape index (κ3) is 6.62. The monoisotopic (exact) mass is 347 g/mol. The van der Waals surface area contributed by atoms with Crippen molar-refractivity contribution in [2.45, 2.75) is 26.9 Å². The maximum atomic E-state index is 11.3. The normalized spacial score (nSPS) is 16.2. The molecule has 0 radical (unpaired) electrons. The number of nitrogens with one attached hydrogen (secondary N) is 1. The molecule has 2 rings (SSSR count). The van der Waals surface area contributed by atoms with E-state index >= 15 is 0 Å². The number of nitrogens with zero attached hydrogens (tertiary/aromatic N) is 3. The summed E-state index contributed by atoms with van der Waals surface area (Å²) in [7, 11) is 0. The molecule has 0 aliphatic carbocycles. The van der Waals surface area contributed by atoms with Crippen molar-refractivity contribution in [1.82, 2.24) is 9.80 Å². The number of piperazine rings is 1. The summed E-state index contributed by atoms with van der Waals surface area (Å²) in [4.78, 5) is 19.9. The number of ether oxygens (including phenoxy) is 1. The van der Waals surface area contributed by atoms with Gasteiger partial charge in [0, 0.05) is 45.3 Å². The van der Waals surface area contributed by atoms with Crippen LogP contribution in [0.25, 0.3) is 0 Å². The molecule has 1 heterocycles. The zero-order valence-electron chi connectivity index (χ0n) is 15.4. The predicted molar refractivity (Wildman–Crippen MR) is 101 cm³/mol. The van der Waals surface area contributed by atoms with Crippen LogP contribution in [0.3, 0.4) is 0 Å². The Hall–Kier alpha value is -2.28. The van der Waals surface area contributed by atoms with Crippen molar-refractivity contribution in [1.29, 1.82) is 0 Å². The minimum atomic E-state index is 0.149. The summed E-state index contributed by atoms with van der Waals surface area (Å²) in [5.74, 6) is 1.39. The number of nitrogens with two attached hydrogens (primary N) is 1. The quantitative estimate of drug-likeness (QED) is 0.600. The number of carbonyl (C=O) groups excluding carboxylic acids is 1. The summed E-state index contributed by atoms with van der Waals surface area (Å²) in [5.41, 5.74) is 6.82. The van der Waals surface area contributed by atoms with Crippen molar-refractivity contribution >= 4 is 17.6 Å². The Morgan fingerprint density at radius 1 is 1.24 bits per heavy atom. The maximum absolute atomic E-state index is 11.3. The Kier molecular flexibility index (Phi) is 7.06. The van der Waals surface area contributed by atoms with Crippen LogP contribution >= 0.6 is 0 Å². The van der Waals surface area contributed by atoms with Crippen LogP contribution in [-0.4, -0.2) is 67.0 Å². The van der Waals surface area contributed by atoms with Gasteiger partial charge < -0.3 is 20.7 Å². The lowest BCUT2D eigenvalue weighted by Crippen LogP contribution is -2.48. The van der Waals surface area contributed by atoms with E-state index in [1.165, 1.54) is 0 Å². The van der Waals surface area contributed by atoms with Crippen molar-refractivity contribution in [3.63, 3.8) is 0 Å². The second-order valence-electron chi connectivity index (χ2n) is 6.43. The number of carbonyl (C=O) groups is 1. The molecule has 7 nitrogen and oxygen atoms in total. The molecule has 1 aliphatic rings. The average molecular weight is 347 g/mol. The van der Waals surface area contributed by atoms with Gasteiger partial charge in [0.25, 0.3) is 0 Å². The molecule has 1 saturated heterocycles. The topological polar surface area (TPSA) is 83.2 Å². The van der Waals surface area contributed by atoms with Crippen molar-refractivity contribution in [3.8, 4) is 5.75 Å². The molecule has 3 N–H and O–H groups in total. The van der Waals surface area contributed by atoms with Gasteiger partial charge >= 0.3 is 0 Å². The van der Waals surface area contributed by atoms with E-state index in [1.807, 2.05) is 43.0 Å². The Balaban J connectivity index is 1.72. The van der Waals surface area contributed by atoms with Gasteiger partial charge in [0.15, 0.2) is 5.96 Å². The van der Waals surface area contributed by atoms with Crippen molar-refractivity contribution < 1.29 is 9.53 Å². The van der Waals surface area contributed by atoms with Gasteiger partial charge in [0.1, 0.15) is 5.75 Å². The number of guanidine groups is 1. The fourth-order valence-electron chi connectivity index (χ4n) is 2.67. The van der Waals surface area contributed by atoms with Crippen molar-refractivity contribution in [3.05, 3.63) is 24.3 Å². The molecule has 1 aromatic carbocycles. The SMILES string of the molecule is CC(=O)N1CCN(CCN=C(N)Nc2ccc(OC(C)C)cc2)CC1. The summed E-state index contributed by atoms with van der Waals surface area (Å²) >= 11 is 0. The largest absolute Gasteiger partial charge is 0.491 e. The third-order valence-electron chi connectivity index (χ3n) is 4.01. The molecule has 1 amide bonds. The molecule has 0 bridgehead atoms. The second-order valence-corrected chi connectivity index (χ2v) is 6.43. The van der Waals surface area contributed by atoms with E-state index < -0.39 is 0 Å². The molecule has 1 aromatic rings. The van der Waals surface area contributed by atoms with Gasteiger partial charge in [-0.2, -0.15) is 0 Å². The molecule has 1 fully saturated rings. The van der Waals surface area contributed by atoms with Crippen LogP contribution in [-0.2, 0) is 4.79 Å². The van der Waals surface area contributed by atoms with E-state index in [0.29, 0.717) is 12.5 Å². The molecule has 0 unspecified atom stereocenters. The van der Waals surface area contributed by atoms with Gasteiger partial charge in [0.05, 0.1) is 12.6 Å². The molecular weight excluding hydrogens is 318 g/mol. The molecule has 0 spiro atoms. The molecule has 0 atom stereocenters. The van der Waals surface area contributed by atoms with Gasteiger partial charge in [-0.05, 0) is 38.1 Å². The zero-order chi connectivity index (χ0) is 18.2. The number of amides is 1. The Morgan fingerprint density at radius 2 is 1.88 bits per heavy atom. The summed E-state index contributed by atoms with van der Waals surface area (Å²) in [6.45, 7) is 10.4. The van der Waals surface area contributed by atoms with E-state index in [-0.39, 0.29) is 12.0 Å². The van der Waals surface area contributed by atoms with Gasteiger partial charge in [0.2, 0.25) is 5.91 Å². The number of hydrogen-bond donors (Lipinski definition) is 2. The lowest BCUT2D eigenvalue weighted by Gasteiger charge is -2.33. The van der Waals surface area contributed by atoms with E-state index in [2.05, 4.69) is 15.2 Å². The first-order chi connectivity index (χ1) is 11.9. The fraction of sp³-hybridized carbons (Fsp3) is 0.556. The van der Waals surface area contributed by atoms with Crippen LogP contribution in [0, 0.1) is 0 Å². The van der Waals surface area contributed by atoms with E-state index in [0.717, 1.165) is 44.2 Å². The number of rotatable bonds is 6. The lowest BCUT2D eigenvalue weighted by molar-refractivity contribution is -0.130. The first-order valence-electron chi connectivity index (χ1n) is 8.75. The molecule has 0 saturated carbocycles. The fourth-order valence-corrected chi connectivity index (χ4v) is 2.67. The molecular formula is C18H29N5O2. The Bertz CT molecular complexity index is 578. The molecule has 25 heavy (non-hydrogen) atoms. The molecule has 1 aliphatic heterocycles. The maximum Gasteiger partial charge on any atom is 0.219 e. The highest BCUT2D eigenvalue weighted by Gasteiger charge is 2.17. The minimum absolute atomic E-state index is 0.149. The van der Waals surface area contributed by atoms with Crippen LogP contribution in [0.15, 0.2) is 29.3 Å². The van der Waals surface area contributed by atoms with Crippen LogP contribution in [0.2, 0.25) is 0 Å². The van der Waals surface area contributed by atoms with Crippen LogP contribution in [0.4, 0.5) is 5.69 Å². The summed E-state index contributed by atoms with van der Waals surface area (Å²) in [6, 6.07) is 7.65. The van der Waals surface area contributed by atoms with Gasteiger partial charge in [-0.1, -0.05) is 0 Å². The standard InChI is InChI=1S/C18H29N5O2/c1-14(2)25-17-6-4-16(5-7-17)21-18(19)20-8-9-22-10-12-23(13-11-22)15(3)24/h4-7,14H,8-13H2,1-3H3,(H3,19,20,21). The van der Waals surface area contributed by atoms with Crippen molar-refractivity contribution in [2.24, 2.45) is 10.7 Å². The third-order valence-corrected chi connectivity index (χ3v) is 4.01. The summed E-state index contributed by atoms with van der Waals surface area (Å²) in [5, 5.41) is 3.08. The lowest BCUT2D eigenvalue weighted by atomic mass is 10.3. The number of hydrogen-bond acceptors (Lipinski definition) is 4. The number of benzene rings is 1. The first kappa shape index (κ1) is 19.1. The van der Waals surface area contributed by atoms with E-state index in [9.17, 15) is 4.79 Å². The van der Waals surface area contributed by atoms with Gasteiger partial charge in [-0.25, -0.2) is 0 Å². The van der Waals surface area contributed by atoms with Crippen molar-refractivity contribution in [2.75, 3.05) is 44.6 Å². The summed E-state index contributed by atoms with van der Waals surface area (Å²) in [6.07, 6.45) is 0.155. The van der Waals surface area contributed by atoms with E-state index in [4.69, 9.17) is 10.5 Å². The smallest absolute Gasteiger partial charge is 0.219 e. The molecule has 0 aromatic heterocycles. The van der Waals surface area contributed by atoms with Crippen LogP contribution in [0.5, 0.6) is 5.75 Å². The Labute approximate surface area is 149 Å². The highest BCUT2D eigenvalue weighted by atomic mass is 16.5. The average Bonchev–Trinajstić information content (AvgIpc) is 2.56.